The highest BCUT2D eigenvalue weighted by Gasteiger charge is 2.21. The van der Waals surface area contributed by atoms with Crippen molar-refractivity contribution in [2.45, 2.75) is 33.1 Å². The first-order valence-corrected chi connectivity index (χ1v) is 6.87. The Bertz CT molecular complexity index is 353. The fourth-order valence-electron chi connectivity index (χ4n) is 1.39. The lowest BCUT2D eigenvalue weighted by Crippen LogP contribution is -2.35. The van der Waals surface area contributed by atoms with Crippen molar-refractivity contribution in [1.82, 2.24) is 5.32 Å². The number of rotatable bonds is 5. The van der Waals surface area contributed by atoms with Crippen molar-refractivity contribution in [3.8, 4) is 0 Å². The van der Waals surface area contributed by atoms with Crippen molar-refractivity contribution in [1.29, 1.82) is 0 Å². The second kappa shape index (κ2) is 6.05. The molecule has 1 aromatic heterocycles. The SMILES string of the molecule is CC(C)CNC(N)=NCC(C)(C)c1cccs1. The Morgan fingerprint density at radius 2 is 2.24 bits per heavy atom. The number of nitrogens with zero attached hydrogens (tertiary/aromatic N) is 1. The molecule has 0 unspecified atom stereocenters. The first kappa shape index (κ1) is 14.0. The summed E-state index contributed by atoms with van der Waals surface area (Å²) in [6.45, 7) is 10.3. The number of guanidine groups is 1. The molecule has 1 aromatic rings. The van der Waals surface area contributed by atoms with Gasteiger partial charge in [0.2, 0.25) is 0 Å². The number of hydrogen-bond acceptors (Lipinski definition) is 2. The summed E-state index contributed by atoms with van der Waals surface area (Å²) in [4.78, 5) is 5.76. The minimum atomic E-state index is 0.0539. The standard InChI is InChI=1S/C13H23N3S/c1-10(2)8-15-12(14)16-9-13(3,4)11-6-5-7-17-11/h5-7,10H,8-9H2,1-4H3,(H3,14,15,16). The molecule has 0 fully saturated rings. The molecule has 3 N–H and O–H groups in total. The van der Waals surface area contributed by atoms with Crippen LogP contribution in [0.2, 0.25) is 0 Å². The zero-order valence-electron chi connectivity index (χ0n) is 11.2. The zero-order chi connectivity index (χ0) is 12.9. The van der Waals surface area contributed by atoms with Gasteiger partial charge in [0.25, 0.3) is 0 Å². The largest absolute Gasteiger partial charge is 0.370 e. The average Bonchev–Trinajstić information content (AvgIpc) is 2.77. The summed E-state index contributed by atoms with van der Waals surface area (Å²) >= 11 is 1.77. The Morgan fingerprint density at radius 3 is 2.76 bits per heavy atom. The second-order valence-electron chi connectivity index (χ2n) is 5.34. The van der Waals surface area contributed by atoms with E-state index in [2.05, 4.69) is 55.5 Å². The van der Waals surface area contributed by atoms with Crippen molar-refractivity contribution < 1.29 is 0 Å². The van der Waals surface area contributed by atoms with Crippen molar-refractivity contribution >= 4 is 17.3 Å². The maximum absolute atomic E-state index is 5.82. The molecule has 4 heteroatoms. The van der Waals surface area contributed by atoms with Gasteiger partial charge in [0.1, 0.15) is 0 Å². The molecule has 17 heavy (non-hydrogen) atoms. The van der Waals surface area contributed by atoms with E-state index in [4.69, 9.17) is 5.73 Å². The molecule has 0 aromatic carbocycles. The molecule has 0 aliphatic heterocycles. The Hall–Kier alpha value is -1.03. The van der Waals surface area contributed by atoms with Crippen molar-refractivity contribution in [3.63, 3.8) is 0 Å². The van der Waals surface area contributed by atoms with Gasteiger partial charge in [-0.2, -0.15) is 0 Å². The van der Waals surface area contributed by atoms with Crippen LogP contribution in [-0.2, 0) is 5.41 Å². The van der Waals surface area contributed by atoms with Crippen LogP contribution >= 0.6 is 11.3 Å². The van der Waals surface area contributed by atoms with E-state index in [1.807, 2.05) is 0 Å². The van der Waals surface area contributed by atoms with Crippen molar-refractivity contribution in [2.75, 3.05) is 13.1 Å². The summed E-state index contributed by atoms with van der Waals surface area (Å²) in [5.41, 5.74) is 5.88. The number of nitrogens with one attached hydrogen (secondary N) is 1. The topological polar surface area (TPSA) is 50.4 Å². The third kappa shape index (κ3) is 4.77. The highest BCUT2D eigenvalue weighted by Crippen LogP contribution is 2.27. The summed E-state index contributed by atoms with van der Waals surface area (Å²) < 4.78 is 0. The number of hydrogen-bond donors (Lipinski definition) is 2. The highest BCUT2D eigenvalue weighted by molar-refractivity contribution is 7.10. The third-order valence-corrected chi connectivity index (χ3v) is 3.76. The lowest BCUT2D eigenvalue weighted by atomic mass is 9.92. The summed E-state index contributed by atoms with van der Waals surface area (Å²) in [7, 11) is 0. The Labute approximate surface area is 108 Å². The molecule has 0 aliphatic carbocycles. The average molecular weight is 253 g/mol. The molecule has 0 radical (unpaired) electrons. The molecule has 0 bridgehead atoms. The van der Waals surface area contributed by atoms with Gasteiger partial charge in [-0.05, 0) is 17.4 Å². The van der Waals surface area contributed by atoms with E-state index in [-0.39, 0.29) is 5.41 Å². The minimum absolute atomic E-state index is 0.0539. The molecule has 1 heterocycles. The van der Waals surface area contributed by atoms with Crippen molar-refractivity contribution in [2.24, 2.45) is 16.6 Å². The predicted octanol–water partition coefficient (Wildman–Crippen LogP) is 2.59. The molecule has 1 rings (SSSR count). The van der Waals surface area contributed by atoms with E-state index >= 15 is 0 Å². The quantitative estimate of drug-likeness (QED) is 0.626. The summed E-state index contributed by atoms with van der Waals surface area (Å²) in [5, 5.41) is 5.23. The van der Waals surface area contributed by atoms with Crippen LogP contribution in [0.3, 0.4) is 0 Å². The van der Waals surface area contributed by atoms with Crippen LogP contribution in [0.5, 0.6) is 0 Å². The van der Waals surface area contributed by atoms with E-state index in [0.29, 0.717) is 18.4 Å². The molecule has 3 nitrogen and oxygen atoms in total. The van der Waals surface area contributed by atoms with Crippen LogP contribution in [0.1, 0.15) is 32.6 Å². The molecule has 96 valence electrons. The summed E-state index contributed by atoms with van der Waals surface area (Å²) in [6, 6.07) is 4.23. The summed E-state index contributed by atoms with van der Waals surface area (Å²) in [6.07, 6.45) is 0. The Balaban J connectivity index is 2.51. The van der Waals surface area contributed by atoms with E-state index in [1.165, 1.54) is 4.88 Å². The van der Waals surface area contributed by atoms with E-state index < -0.39 is 0 Å². The van der Waals surface area contributed by atoms with E-state index in [1.54, 1.807) is 11.3 Å². The lowest BCUT2D eigenvalue weighted by molar-refractivity contribution is 0.548. The normalized spacial score (nSPS) is 13.1. The van der Waals surface area contributed by atoms with E-state index in [0.717, 1.165) is 6.54 Å². The first-order chi connectivity index (χ1) is 7.92. The van der Waals surface area contributed by atoms with Gasteiger partial charge in [-0.25, -0.2) is 0 Å². The Morgan fingerprint density at radius 1 is 1.53 bits per heavy atom. The predicted molar refractivity (Wildman–Crippen MR) is 76.7 cm³/mol. The van der Waals surface area contributed by atoms with Crippen LogP contribution in [0.15, 0.2) is 22.5 Å². The number of aliphatic imine (C=N–C) groups is 1. The maximum Gasteiger partial charge on any atom is 0.188 e. The zero-order valence-corrected chi connectivity index (χ0v) is 12.0. The number of nitrogens with two attached hydrogens (primary N) is 1. The highest BCUT2D eigenvalue weighted by atomic mass is 32.1. The smallest absolute Gasteiger partial charge is 0.188 e. The first-order valence-electron chi connectivity index (χ1n) is 5.99. The molecule has 0 atom stereocenters. The van der Waals surface area contributed by atoms with Gasteiger partial charge >= 0.3 is 0 Å². The van der Waals surface area contributed by atoms with Gasteiger partial charge in [0.15, 0.2) is 5.96 Å². The lowest BCUT2D eigenvalue weighted by Gasteiger charge is -2.21. The molecule has 0 saturated carbocycles. The molecule has 0 saturated heterocycles. The van der Waals surface area contributed by atoms with Gasteiger partial charge in [0, 0.05) is 16.8 Å². The monoisotopic (exact) mass is 253 g/mol. The van der Waals surface area contributed by atoms with Gasteiger partial charge in [0.05, 0.1) is 6.54 Å². The summed E-state index contributed by atoms with van der Waals surface area (Å²) in [5.74, 6) is 1.12. The molecule has 0 amide bonds. The fourth-order valence-corrected chi connectivity index (χ4v) is 2.23. The maximum atomic E-state index is 5.82. The fraction of sp³-hybridized carbons (Fsp3) is 0.615. The van der Waals surface area contributed by atoms with E-state index in [9.17, 15) is 0 Å². The van der Waals surface area contributed by atoms with Crippen molar-refractivity contribution in [3.05, 3.63) is 22.4 Å². The molecular weight excluding hydrogens is 230 g/mol. The van der Waals surface area contributed by atoms with Crippen LogP contribution in [0.25, 0.3) is 0 Å². The molecular formula is C13H23N3S. The van der Waals surface area contributed by atoms with Gasteiger partial charge < -0.3 is 11.1 Å². The second-order valence-corrected chi connectivity index (χ2v) is 6.29. The van der Waals surface area contributed by atoms with Gasteiger partial charge in [-0.15, -0.1) is 11.3 Å². The van der Waals surface area contributed by atoms with Crippen LogP contribution in [-0.4, -0.2) is 19.0 Å². The Kier molecular flexibility index (Phi) is 5.00. The van der Waals surface area contributed by atoms with Gasteiger partial charge in [-0.1, -0.05) is 33.8 Å². The minimum Gasteiger partial charge on any atom is -0.370 e. The van der Waals surface area contributed by atoms with Crippen LogP contribution < -0.4 is 11.1 Å². The molecule has 0 aliphatic rings. The molecule has 0 spiro atoms. The third-order valence-electron chi connectivity index (χ3n) is 2.52. The number of thiophene rings is 1. The van der Waals surface area contributed by atoms with Gasteiger partial charge in [-0.3, -0.25) is 4.99 Å². The van der Waals surface area contributed by atoms with Crippen LogP contribution in [0.4, 0.5) is 0 Å². The van der Waals surface area contributed by atoms with Crippen LogP contribution in [0, 0.1) is 5.92 Å².